The summed E-state index contributed by atoms with van der Waals surface area (Å²) in [5.74, 6) is 0.583. The lowest BCUT2D eigenvalue weighted by Crippen LogP contribution is -2.18. The molecule has 2 atom stereocenters. The molecule has 0 aliphatic carbocycles. The number of hydrogen-bond acceptors (Lipinski definition) is 5. The summed E-state index contributed by atoms with van der Waals surface area (Å²) in [7, 11) is 0. The monoisotopic (exact) mass is 453 g/mol. The van der Waals surface area contributed by atoms with Gasteiger partial charge in [0, 0.05) is 22.8 Å². The van der Waals surface area contributed by atoms with Crippen LogP contribution in [0, 0.1) is 0 Å². The number of allylic oxidation sites excluding steroid dienone is 1. The number of rotatable bonds is 4. The molecule has 26 heavy (non-hydrogen) atoms. The molecule has 1 aromatic carbocycles. The Balaban J connectivity index is 1.64. The number of carbonyl (C=O) groups excluding carboxylic acids is 1. The minimum absolute atomic E-state index is 0.00335. The summed E-state index contributed by atoms with van der Waals surface area (Å²) in [5, 5.41) is 5.21. The van der Waals surface area contributed by atoms with Crippen LogP contribution in [0.4, 0.5) is 0 Å². The number of halogens is 2. The van der Waals surface area contributed by atoms with Gasteiger partial charge in [-0.1, -0.05) is 27.5 Å². The summed E-state index contributed by atoms with van der Waals surface area (Å²) in [4.78, 5) is 18.3. The van der Waals surface area contributed by atoms with Crippen molar-refractivity contribution in [2.75, 3.05) is 6.61 Å². The van der Waals surface area contributed by atoms with Gasteiger partial charge in [-0.15, -0.1) is 16.9 Å². The molecule has 4 rings (SSSR count). The summed E-state index contributed by atoms with van der Waals surface area (Å²) in [6.45, 7) is 0.751. The standard InChI is InChI=1S/C18H17BrClN3O2S/c19-14-9-13(16(24)11-4-6-12(20)7-5-11)17(26-14)18-21-10-23(22-18)15-3-1-2-8-25-15/h4-7,10,14-15H,1-3,8-9H2. The molecule has 0 N–H and O–H groups in total. The first-order valence-electron chi connectivity index (χ1n) is 8.49. The van der Waals surface area contributed by atoms with E-state index < -0.39 is 0 Å². The zero-order valence-electron chi connectivity index (χ0n) is 13.9. The largest absolute Gasteiger partial charge is 0.356 e. The summed E-state index contributed by atoms with van der Waals surface area (Å²) >= 11 is 11.1. The lowest BCUT2D eigenvalue weighted by Gasteiger charge is -2.22. The smallest absolute Gasteiger partial charge is 0.190 e. The van der Waals surface area contributed by atoms with Gasteiger partial charge in [-0.2, -0.15) is 0 Å². The van der Waals surface area contributed by atoms with E-state index in [0.717, 1.165) is 36.3 Å². The average Bonchev–Trinajstić information content (AvgIpc) is 3.29. The Hall–Kier alpha value is -1.15. The number of aromatic nitrogens is 3. The molecular formula is C18H17BrClN3O2S. The van der Waals surface area contributed by atoms with E-state index in [1.54, 1.807) is 47.0 Å². The third-order valence-corrected chi connectivity index (χ3v) is 6.65. The number of benzene rings is 1. The average molecular weight is 455 g/mol. The fourth-order valence-corrected chi connectivity index (χ4v) is 5.14. The van der Waals surface area contributed by atoms with E-state index in [2.05, 4.69) is 26.0 Å². The number of ketones is 1. The topological polar surface area (TPSA) is 57.0 Å². The summed E-state index contributed by atoms with van der Waals surface area (Å²) in [6, 6.07) is 6.97. The zero-order valence-corrected chi connectivity index (χ0v) is 17.1. The van der Waals surface area contributed by atoms with Crippen LogP contribution in [0.3, 0.4) is 0 Å². The third-order valence-electron chi connectivity index (χ3n) is 4.43. The van der Waals surface area contributed by atoms with Crippen LogP contribution in [-0.4, -0.2) is 31.3 Å². The number of alkyl halides is 1. The maximum absolute atomic E-state index is 13.0. The van der Waals surface area contributed by atoms with E-state index in [4.69, 9.17) is 16.3 Å². The van der Waals surface area contributed by atoms with Crippen molar-refractivity contribution >= 4 is 50.0 Å². The molecular weight excluding hydrogens is 438 g/mol. The highest BCUT2D eigenvalue weighted by molar-refractivity contribution is 9.11. The second-order valence-corrected chi connectivity index (χ2v) is 9.61. The molecule has 1 fully saturated rings. The highest BCUT2D eigenvalue weighted by Crippen LogP contribution is 2.46. The molecule has 1 saturated heterocycles. The van der Waals surface area contributed by atoms with Crippen molar-refractivity contribution in [1.82, 2.24) is 14.8 Å². The lowest BCUT2D eigenvalue weighted by atomic mass is 10.0. The van der Waals surface area contributed by atoms with Crippen LogP contribution in [0.2, 0.25) is 5.02 Å². The molecule has 0 spiro atoms. The van der Waals surface area contributed by atoms with E-state index >= 15 is 0 Å². The van der Waals surface area contributed by atoms with Gasteiger partial charge in [0.2, 0.25) is 0 Å². The number of carbonyl (C=O) groups is 1. The fraction of sp³-hybridized carbons (Fsp3) is 0.389. The molecule has 3 heterocycles. The van der Waals surface area contributed by atoms with Crippen molar-refractivity contribution in [2.24, 2.45) is 0 Å². The van der Waals surface area contributed by atoms with Gasteiger partial charge in [-0.05, 0) is 49.9 Å². The maximum Gasteiger partial charge on any atom is 0.190 e. The fourth-order valence-electron chi connectivity index (χ4n) is 3.10. The first kappa shape index (κ1) is 18.2. The van der Waals surface area contributed by atoms with Crippen molar-refractivity contribution in [3.63, 3.8) is 0 Å². The predicted molar refractivity (Wildman–Crippen MR) is 106 cm³/mol. The maximum atomic E-state index is 13.0. The summed E-state index contributed by atoms with van der Waals surface area (Å²) in [6.07, 6.45) is 5.42. The van der Waals surface area contributed by atoms with Gasteiger partial charge < -0.3 is 4.74 Å². The van der Waals surface area contributed by atoms with Crippen LogP contribution < -0.4 is 0 Å². The van der Waals surface area contributed by atoms with Gasteiger partial charge >= 0.3 is 0 Å². The van der Waals surface area contributed by atoms with Crippen LogP contribution in [0.25, 0.3) is 4.91 Å². The zero-order chi connectivity index (χ0) is 18.1. The van der Waals surface area contributed by atoms with E-state index in [1.165, 1.54) is 0 Å². The Kier molecular flexibility index (Phi) is 5.50. The second kappa shape index (κ2) is 7.84. The molecule has 2 aromatic rings. The van der Waals surface area contributed by atoms with Gasteiger partial charge in [0.1, 0.15) is 6.33 Å². The molecule has 2 aliphatic rings. The number of nitrogens with zero attached hydrogens (tertiary/aromatic N) is 3. The quantitative estimate of drug-likeness (QED) is 0.476. The number of hydrogen-bond donors (Lipinski definition) is 0. The molecule has 1 aromatic heterocycles. The van der Waals surface area contributed by atoms with Gasteiger partial charge in [0.05, 0.1) is 9.06 Å². The predicted octanol–water partition coefficient (Wildman–Crippen LogP) is 5.08. The second-order valence-electron chi connectivity index (χ2n) is 6.25. The van der Waals surface area contributed by atoms with Gasteiger partial charge in [0.25, 0.3) is 0 Å². The van der Waals surface area contributed by atoms with E-state index in [9.17, 15) is 4.79 Å². The Morgan fingerprint density at radius 2 is 2.12 bits per heavy atom. The SMILES string of the molecule is O=C(C1=C(c2ncn(C3CCCCO3)n2)SC(Br)C1)c1ccc(Cl)cc1. The Morgan fingerprint density at radius 3 is 2.85 bits per heavy atom. The lowest BCUT2D eigenvalue weighted by molar-refractivity contribution is -0.0397. The van der Waals surface area contributed by atoms with Crippen molar-refractivity contribution in [1.29, 1.82) is 0 Å². The first-order chi connectivity index (χ1) is 12.6. The molecule has 2 aliphatic heterocycles. The Morgan fingerprint density at radius 1 is 1.31 bits per heavy atom. The van der Waals surface area contributed by atoms with Gasteiger partial charge in [0.15, 0.2) is 17.8 Å². The highest BCUT2D eigenvalue weighted by Gasteiger charge is 2.31. The summed E-state index contributed by atoms with van der Waals surface area (Å²) in [5.41, 5.74) is 1.36. The number of ether oxygens (including phenoxy) is 1. The van der Waals surface area contributed by atoms with Crippen molar-refractivity contribution in [2.45, 2.75) is 36.1 Å². The van der Waals surface area contributed by atoms with Gasteiger partial charge in [-0.25, -0.2) is 9.67 Å². The minimum Gasteiger partial charge on any atom is -0.356 e. The molecule has 8 heteroatoms. The minimum atomic E-state index is -0.0628. The Bertz CT molecular complexity index is 846. The molecule has 136 valence electrons. The van der Waals surface area contributed by atoms with E-state index in [0.29, 0.717) is 22.8 Å². The van der Waals surface area contributed by atoms with Crippen LogP contribution in [0.15, 0.2) is 36.2 Å². The van der Waals surface area contributed by atoms with Gasteiger partial charge in [-0.3, -0.25) is 4.79 Å². The first-order valence-corrected chi connectivity index (χ1v) is 10.7. The van der Waals surface area contributed by atoms with Crippen LogP contribution in [-0.2, 0) is 4.74 Å². The van der Waals surface area contributed by atoms with Crippen LogP contribution >= 0.6 is 39.3 Å². The van der Waals surface area contributed by atoms with E-state index in [1.807, 2.05) is 0 Å². The van der Waals surface area contributed by atoms with Crippen molar-refractivity contribution in [3.8, 4) is 0 Å². The molecule has 5 nitrogen and oxygen atoms in total. The van der Waals surface area contributed by atoms with Crippen LogP contribution in [0.1, 0.15) is 48.1 Å². The molecule has 0 bridgehead atoms. The van der Waals surface area contributed by atoms with Crippen molar-refractivity contribution in [3.05, 3.63) is 52.6 Å². The summed E-state index contributed by atoms with van der Waals surface area (Å²) < 4.78 is 7.68. The highest BCUT2D eigenvalue weighted by atomic mass is 79.9. The third kappa shape index (κ3) is 3.76. The number of thioether (sulfide) groups is 1. The molecule has 0 radical (unpaired) electrons. The van der Waals surface area contributed by atoms with Crippen molar-refractivity contribution < 1.29 is 9.53 Å². The molecule has 2 unspecified atom stereocenters. The van der Waals surface area contributed by atoms with Crippen LogP contribution in [0.5, 0.6) is 0 Å². The molecule has 0 amide bonds. The van der Waals surface area contributed by atoms with E-state index in [-0.39, 0.29) is 16.2 Å². The molecule has 0 saturated carbocycles. The Labute approximate surface area is 169 Å². The number of Topliss-reactive ketones (excluding diaryl/α,β-unsaturated/α-hetero) is 1. The normalized spacial score (nSPS) is 23.5.